The van der Waals surface area contributed by atoms with E-state index in [-0.39, 0.29) is 0 Å². The minimum atomic E-state index is 0.346. The lowest BCUT2D eigenvalue weighted by Gasteiger charge is -2.51. The van der Waals surface area contributed by atoms with Crippen LogP contribution in [0.1, 0.15) is 103 Å². The van der Waals surface area contributed by atoms with Gasteiger partial charge in [-0.2, -0.15) is 0 Å². The average molecular weight is 385 g/mol. The highest BCUT2D eigenvalue weighted by Gasteiger charge is 2.51. The highest BCUT2D eigenvalue weighted by molar-refractivity contribution is 5.93. The van der Waals surface area contributed by atoms with Gasteiger partial charge >= 0.3 is 0 Å². The van der Waals surface area contributed by atoms with Crippen molar-refractivity contribution in [1.29, 1.82) is 0 Å². The standard InChI is InChI=1S/C26H40O2/c1-26-15-8-10-24(26)23-13-11-19-17-21(28)12-14-22(19)25(23)20(18-26)9-6-4-2-3-5-7-16-27/h17,20,23-24,27H,2-16,18H2,1H3/t20-,23-,24-,26-/m0/s1. The Hall–Kier alpha value is -0.890. The van der Waals surface area contributed by atoms with Crippen LogP contribution >= 0.6 is 0 Å². The molecule has 2 nitrogen and oxygen atoms in total. The highest BCUT2D eigenvalue weighted by Crippen LogP contribution is 2.62. The number of rotatable bonds is 8. The summed E-state index contributed by atoms with van der Waals surface area (Å²) in [6, 6.07) is 0. The van der Waals surface area contributed by atoms with E-state index in [0.29, 0.717) is 17.8 Å². The Balaban J connectivity index is 1.49. The third kappa shape index (κ3) is 4.04. The third-order valence-corrected chi connectivity index (χ3v) is 8.57. The van der Waals surface area contributed by atoms with Gasteiger partial charge in [-0.25, -0.2) is 0 Å². The number of aliphatic hydroxyl groups is 1. The quantitative estimate of drug-likeness (QED) is 0.483. The molecule has 0 heterocycles. The van der Waals surface area contributed by atoms with Gasteiger partial charge in [0.2, 0.25) is 0 Å². The molecule has 4 rings (SSSR count). The Morgan fingerprint density at radius 1 is 1.04 bits per heavy atom. The van der Waals surface area contributed by atoms with Crippen LogP contribution in [0, 0.1) is 23.2 Å². The van der Waals surface area contributed by atoms with Gasteiger partial charge in [0.15, 0.2) is 5.78 Å². The first-order valence-corrected chi connectivity index (χ1v) is 12.2. The van der Waals surface area contributed by atoms with Crippen LogP contribution < -0.4 is 0 Å². The summed E-state index contributed by atoms with van der Waals surface area (Å²) in [5, 5.41) is 8.93. The minimum absolute atomic E-state index is 0.346. The van der Waals surface area contributed by atoms with Crippen LogP contribution in [0.3, 0.4) is 0 Å². The molecule has 4 aliphatic rings. The molecular weight excluding hydrogens is 344 g/mol. The second-order valence-corrected chi connectivity index (χ2v) is 10.4. The van der Waals surface area contributed by atoms with Gasteiger partial charge in [-0.05, 0) is 91.8 Å². The van der Waals surface area contributed by atoms with Gasteiger partial charge in [0.05, 0.1) is 0 Å². The molecule has 2 fully saturated rings. The van der Waals surface area contributed by atoms with Crippen molar-refractivity contribution in [3.05, 3.63) is 22.8 Å². The van der Waals surface area contributed by atoms with E-state index in [0.717, 1.165) is 43.4 Å². The Kier molecular flexibility index (Phi) is 6.45. The van der Waals surface area contributed by atoms with E-state index in [1.807, 2.05) is 11.6 Å². The van der Waals surface area contributed by atoms with Gasteiger partial charge in [0.1, 0.15) is 0 Å². The van der Waals surface area contributed by atoms with Crippen LogP contribution in [0.2, 0.25) is 0 Å². The molecular formula is C26H40O2. The summed E-state index contributed by atoms with van der Waals surface area (Å²) in [5.41, 5.74) is 5.46. The van der Waals surface area contributed by atoms with Gasteiger partial charge in [0, 0.05) is 13.0 Å². The van der Waals surface area contributed by atoms with Crippen molar-refractivity contribution in [2.45, 2.75) is 103 Å². The molecule has 2 saturated carbocycles. The van der Waals surface area contributed by atoms with E-state index >= 15 is 0 Å². The van der Waals surface area contributed by atoms with Crippen molar-refractivity contribution >= 4 is 5.78 Å². The monoisotopic (exact) mass is 384 g/mol. The normalized spacial score (nSPS) is 34.7. The van der Waals surface area contributed by atoms with Crippen LogP contribution in [0.5, 0.6) is 0 Å². The maximum absolute atomic E-state index is 12.0. The molecule has 0 unspecified atom stereocenters. The molecule has 4 atom stereocenters. The first kappa shape index (κ1) is 20.4. The first-order chi connectivity index (χ1) is 13.6. The van der Waals surface area contributed by atoms with Gasteiger partial charge in [-0.1, -0.05) is 51.0 Å². The summed E-state index contributed by atoms with van der Waals surface area (Å²) >= 11 is 0. The molecule has 0 aromatic carbocycles. The van der Waals surface area contributed by atoms with Crippen LogP contribution in [-0.4, -0.2) is 17.5 Å². The Morgan fingerprint density at radius 3 is 2.64 bits per heavy atom. The minimum Gasteiger partial charge on any atom is -0.396 e. The van der Waals surface area contributed by atoms with Gasteiger partial charge in [-0.15, -0.1) is 0 Å². The lowest BCUT2D eigenvalue weighted by molar-refractivity contribution is -0.114. The van der Waals surface area contributed by atoms with Crippen LogP contribution in [0.25, 0.3) is 0 Å². The fourth-order valence-corrected chi connectivity index (χ4v) is 7.31. The number of fused-ring (bicyclic) bond motifs is 4. The Bertz CT molecular complexity index is 643. The molecule has 1 N–H and O–H groups in total. The first-order valence-electron chi connectivity index (χ1n) is 12.2. The topological polar surface area (TPSA) is 37.3 Å². The number of allylic oxidation sites excluding steroid dienone is 4. The maximum atomic E-state index is 12.0. The Morgan fingerprint density at radius 2 is 1.82 bits per heavy atom. The second-order valence-electron chi connectivity index (χ2n) is 10.4. The van der Waals surface area contributed by atoms with Crippen molar-refractivity contribution in [3.63, 3.8) is 0 Å². The smallest absolute Gasteiger partial charge is 0.156 e. The van der Waals surface area contributed by atoms with Crippen LogP contribution in [0.4, 0.5) is 0 Å². The molecule has 0 aromatic heterocycles. The largest absolute Gasteiger partial charge is 0.396 e. The van der Waals surface area contributed by atoms with Crippen molar-refractivity contribution in [3.8, 4) is 0 Å². The van der Waals surface area contributed by atoms with Gasteiger partial charge in [-0.3, -0.25) is 4.79 Å². The van der Waals surface area contributed by atoms with Gasteiger partial charge in [0.25, 0.3) is 0 Å². The molecule has 156 valence electrons. The SMILES string of the molecule is C[C@@]12CCC[C@H]1[C@@H]1CCC3=CC(=O)CCC3=C1[C@@H](CCCCCCCCO)C2. The summed E-state index contributed by atoms with van der Waals surface area (Å²) < 4.78 is 0. The number of hydrogen-bond acceptors (Lipinski definition) is 2. The molecule has 0 bridgehead atoms. The van der Waals surface area contributed by atoms with Crippen LogP contribution in [0.15, 0.2) is 22.8 Å². The Labute approximate surface area is 171 Å². The highest BCUT2D eigenvalue weighted by atomic mass is 16.2. The zero-order valence-corrected chi connectivity index (χ0v) is 18.0. The zero-order valence-electron chi connectivity index (χ0n) is 18.0. The summed E-state index contributed by atoms with van der Waals surface area (Å²) in [5.74, 6) is 2.85. The van der Waals surface area contributed by atoms with Crippen molar-refractivity contribution in [2.75, 3.05) is 6.61 Å². The fourth-order valence-electron chi connectivity index (χ4n) is 7.31. The molecule has 28 heavy (non-hydrogen) atoms. The number of hydrogen-bond donors (Lipinski definition) is 1. The molecule has 0 radical (unpaired) electrons. The summed E-state index contributed by atoms with van der Waals surface area (Å²) in [6.07, 6.45) is 20.7. The summed E-state index contributed by atoms with van der Waals surface area (Å²) in [7, 11) is 0. The number of aliphatic hydroxyl groups excluding tert-OH is 1. The average Bonchev–Trinajstić information content (AvgIpc) is 3.08. The van der Waals surface area contributed by atoms with E-state index in [1.165, 1.54) is 76.2 Å². The molecule has 4 aliphatic carbocycles. The van der Waals surface area contributed by atoms with E-state index in [1.54, 1.807) is 5.57 Å². The second kappa shape index (κ2) is 8.86. The molecule has 0 spiro atoms. The summed E-state index contributed by atoms with van der Waals surface area (Å²) in [6.45, 7) is 2.95. The molecule has 0 aliphatic heterocycles. The third-order valence-electron chi connectivity index (χ3n) is 8.57. The lowest BCUT2D eigenvalue weighted by Crippen LogP contribution is -2.41. The fraction of sp³-hybridized carbons (Fsp3) is 0.808. The molecule has 0 aromatic rings. The van der Waals surface area contributed by atoms with Crippen molar-refractivity contribution in [1.82, 2.24) is 0 Å². The lowest BCUT2D eigenvalue weighted by atomic mass is 9.54. The predicted octanol–water partition coefficient (Wildman–Crippen LogP) is 6.53. The van der Waals surface area contributed by atoms with Crippen molar-refractivity contribution < 1.29 is 9.90 Å². The number of carbonyl (C=O) groups is 1. The van der Waals surface area contributed by atoms with E-state index < -0.39 is 0 Å². The van der Waals surface area contributed by atoms with Crippen molar-refractivity contribution in [2.24, 2.45) is 23.2 Å². The van der Waals surface area contributed by atoms with Crippen LogP contribution in [-0.2, 0) is 4.79 Å². The van der Waals surface area contributed by atoms with E-state index in [2.05, 4.69) is 6.92 Å². The number of ketones is 1. The predicted molar refractivity (Wildman–Crippen MR) is 115 cm³/mol. The molecule has 0 saturated heterocycles. The molecule has 0 amide bonds. The zero-order chi connectivity index (χ0) is 19.6. The van der Waals surface area contributed by atoms with E-state index in [9.17, 15) is 4.79 Å². The number of unbranched alkanes of at least 4 members (excludes halogenated alkanes) is 5. The van der Waals surface area contributed by atoms with Gasteiger partial charge < -0.3 is 5.11 Å². The molecule has 2 heteroatoms. The number of carbonyl (C=O) groups excluding carboxylic acids is 1. The van der Waals surface area contributed by atoms with E-state index in [4.69, 9.17) is 5.11 Å². The summed E-state index contributed by atoms with van der Waals surface area (Å²) in [4.78, 5) is 12.0. The maximum Gasteiger partial charge on any atom is 0.156 e.